The summed E-state index contributed by atoms with van der Waals surface area (Å²) in [5.74, 6) is 0.307. The van der Waals surface area contributed by atoms with E-state index in [1.165, 1.54) is 12.1 Å². The van der Waals surface area contributed by atoms with Gasteiger partial charge in [0.2, 0.25) is 0 Å². The lowest BCUT2D eigenvalue weighted by Gasteiger charge is -2.10. The molecule has 0 saturated carbocycles. The smallest absolute Gasteiger partial charge is 0.137 e. The molecule has 2 aromatic carbocycles. The van der Waals surface area contributed by atoms with Crippen LogP contribution in [0.3, 0.4) is 0 Å². The SMILES string of the molecule is Cc1c(C(N)c2cccc(Cl)c2)oc2cc(F)ccc12. The second-order valence-corrected chi connectivity index (χ2v) is 5.20. The van der Waals surface area contributed by atoms with Gasteiger partial charge in [0.1, 0.15) is 17.2 Å². The highest BCUT2D eigenvalue weighted by atomic mass is 35.5. The molecule has 0 aliphatic heterocycles. The van der Waals surface area contributed by atoms with E-state index in [4.69, 9.17) is 21.8 Å². The highest BCUT2D eigenvalue weighted by Gasteiger charge is 2.19. The minimum Gasteiger partial charge on any atom is -0.459 e. The zero-order chi connectivity index (χ0) is 14.3. The van der Waals surface area contributed by atoms with Crippen LogP contribution in [-0.4, -0.2) is 0 Å². The molecule has 2 nitrogen and oxygen atoms in total. The Balaban J connectivity index is 2.12. The van der Waals surface area contributed by atoms with E-state index in [1.54, 1.807) is 18.2 Å². The molecule has 1 atom stereocenters. The lowest BCUT2D eigenvalue weighted by atomic mass is 10.0. The largest absolute Gasteiger partial charge is 0.459 e. The van der Waals surface area contributed by atoms with Gasteiger partial charge in [0.15, 0.2) is 0 Å². The zero-order valence-electron chi connectivity index (χ0n) is 10.9. The van der Waals surface area contributed by atoms with Crippen molar-refractivity contribution in [2.75, 3.05) is 0 Å². The van der Waals surface area contributed by atoms with Gasteiger partial charge in [0.25, 0.3) is 0 Å². The molecule has 3 rings (SSSR count). The number of halogens is 2. The Morgan fingerprint density at radius 3 is 2.75 bits per heavy atom. The van der Waals surface area contributed by atoms with Crippen molar-refractivity contribution in [1.29, 1.82) is 0 Å². The van der Waals surface area contributed by atoms with Crippen molar-refractivity contribution in [2.45, 2.75) is 13.0 Å². The molecule has 0 amide bonds. The Bertz CT molecular complexity index is 781. The van der Waals surface area contributed by atoms with E-state index in [9.17, 15) is 4.39 Å². The summed E-state index contributed by atoms with van der Waals surface area (Å²) in [6.45, 7) is 1.92. The van der Waals surface area contributed by atoms with E-state index in [1.807, 2.05) is 19.1 Å². The van der Waals surface area contributed by atoms with Crippen LogP contribution >= 0.6 is 11.6 Å². The highest BCUT2D eigenvalue weighted by Crippen LogP contribution is 2.32. The molecule has 0 bridgehead atoms. The number of nitrogens with two attached hydrogens (primary N) is 1. The van der Waals surface area contributed by atoms with Gasteiger partial charge in [-0.3, -0.25) is 0 Å². The van der Waals surface area contributed by atoms with Gasteiger partial charge in [-0.15, -0.1) is 0 Å². The predicted molar refractivity (Wildman–Crippen MR) is 78.4 cm³/mol. The van der Waals surface area contributed by atoms with E-state index in [0.29, 0.717) is 16.4 Å². The third-order valence-corrected chi connectivity index (χ3v) is 3.66. The van der Waals surface area contributed by atoms with E-state index in [-0.39, 0.29) is 5.82 Å². The number of hydrogen-bond acceptors (Lipinski definition) is 2. The lowest BCUT2D eigenvalue weighted by Crippen LogP contribution is -2.11. The standard InChI is InChI=1S/C16H13ClFNO/c1-9-13-6-5-12(18)8-14(13)20-16(9)15(19)10-3-2-4-11(17)7-10/h2-8,15H,19H2,1H3. The van der Waals surface area contributed by atoms with Crippen LogP contribution < -0.4 is 5.73 Å². The zero-order valence-corrected chi connectivity index (χ0v) is 11.6. The Morgan fingerprint density at radius 1 is 1.20 bits per heavy atom. The normalized spacial score (nSPS) is 12.8. The van der Waals surface area contributed by atoms with E-state index in [2.05, 4.69) is 0 Å². The van der Waals surface area contributed by atoms with Gasteiger partial charge in [-0.1, -0.05) is 23.7 Å². The molecule has 0 aliphatic rings. The molecule has 0 radical (unpaired) electrons. The molecule has 0 aliphatic carbocycles. The van der Waals surface area contributed by atoms with Gasteiger partial charge in [-0.25, -0.2) is 4.39 Å². The van der Waals surface area contributed by atoms with Crippen molar-refractivity contribution in [1.82, 2.24) is 0 Å². The fourth-order valence-electron chi connectivity index (χ4n) is 2.37. The van der Waals surface area contributed by atoms with Crippen molar-refractivity contribution in [3.63, 3.8) is 0 Å². The van der Waals surface area contributed by atoms with Gasteiger partial charge in [-0.2, -0.15) is 0 Å². The number of hydrogen-bond donors (Lipinski definition) is 1. The summed E-state index contributed by atoms with van der Waals surface area (Å²) in [5, 5.41) is 1.50. The van der Waals surface area contributed by atoms with Crippen molar-refractivity contribution in [3.8, 4) is 0 Å². The molecule has 1 unspecified atom stereocenters. The summed E-state index contributed by atoms with van der Waals surface area (Å²) in [7, 11) is 0. The number of rotatable bonds is 2. The number of fused-ring (bicyclic) bond motifs is 1. The molecule has 0 fully saturated rings. The molecular formula is C16H13ClFNO. The minimum absolute atomic E-state index is 0.325. The number of furan rings is 1. The first-order valence-electron chi connectivity index (χ1n) is 6.26. The van der Waals surface area contributed by atoms with Crippen LogP contribution in [-0.2, 0) is 0 Å². The summed E-state index contributed by atoms with van der Waals surface area (Å²) in [6, 6.07) is 11.4. The average Bonchev–Trinajstić information content (AvgIpc) is 2.74. The molecule has 0 saturated heterocycles. The molecule has 3 aromatic rings. The van der Waals surface area contributed by atoms with Crippen molar-refractivity contribution in [3.05, 3.63) is 70.2 Å². The Kier molecular flexibility index (Phi) is 3.24. The molecule has 1 aromatic heterocycles. The van der Waals surface area contributed by atoms with Crippen LogP contribution in [0.4, 0.5) is 4.39 Å². The molecule has 4 heteroatoms. The van der Waals surface area contributed by atoms with Crippen LogP contribution in [0.1, 0.15) is 22.9 Å². The third-order valence-electron chi connectivity index (χ3n) is 3.43. The third kappa shape index (κ3) is 2.19. The monoisotopic (exact) mass is 289 g/mol. The second kappa shape index (κ2) is 4.93. The maximum Gasteiger partial charge on any atom is 0.137 e. The van der Waals surface area contributed by atoms with Crippen molar-refractivity contribution < 1.29 is 8.81 Å². The summed E-state index contributed by atoms with van der Waals surface area (Å²) < 4.78 is 19.0. The van der Waals surface area contributed by atoms with Crippen LogP contribution in [0.25, 0.3) is 11.0 Å². The van der Waals surface area contributed by atoms with Gasteiger partial charge < -0.3 is 10.2 Å². The van der Waals surface area contributed by atoms with E-state index in [0.717, 1.165) is 16.5 Å². The van der Waals surface area contributed by atoms with Crippen LogP contribution in [0.15, 0.2) is 46.9 Å². The first kappa shape index (κ1) is 13.2. The topological polar surface area (TPSA) is 39.2 Å². The Hall–Kier alpha value is -1.84. The highest BCUT2D eigenvalue weighted by molar-refractivity contribution is 6.30. The molecule has 20 heavy (non-hydrogen) atoms. The average molecular weight is 290 g/mol. The molecule has 0 spiro atoms. The van der Waals surface area contributed by atoms with Crippen molar-refractivity contribution in [2.24, 2.45) is 5.73 Å². The van der Waals surface area contributed by atoms with Gasteiger partial charge in [-0.05, 0) is 36.8 Å². The second-order valence-electron chi connectivity index (χ2n) is 4.76. The maximum atomic E-state index is 13.2. The summed E-state index contributed by atoms with van der Waals surface area (Å²) in [4.78, 5) is 0. The fourth-order valence-corrected chi connectivity index (χ4v) is 2.57. The van der Waals surface area contributed by atoms with Crippen molar-refractivity contribution >= 4 is 22.6 Å². The molecule has 1 heterocycles. The van der Waals surface area contributed by atoms with Gasteiger partial charge >= 0.3 is 0 Å². The van der Waals surface area contributed by atoms with Gasteiger partial charge in [0, 0.05) is 22.0 Å². The maximum absolute atomic E-state index is 13.2. The first-order chi connectivity index (χ1) is 9.56. The number of aryl methyl sites for hydroxylation is 1. The lowest BCUT2D eigenvalue weighted by molar-refractivity contribution is 0.518. The minimum atomic E-state index is -0.427. The fraction of sp³-hybridized carbons (Fsp3) is 0.125. The van der Waals surface area contributed by atoms with Crippen LogP contribution in [0, 0.1) is 12.7 Å². The van der Waals surface area contributed by atoms with E-state index < -0.39 is 6.04 Å². The van der Waals surface area contributed by atoms with Crippen LogP contribution in [0.2, 0.25) is 5.02 Å². The summed E-state index contributed by atoms with van der Waals surface area (Å²) in [5.41, 5.74) is 8.54. The van der Waals surface area contributed by atoms with E-state index >= 15 is 0 Å². The predicted octanol–water partition coefficient (Wildman–Crippen LogP) is 4.58. The summed E-state index contributed by atoms with van der Waals surface area (Å²) >= 11 is 5.98. The molecular weight excluding hydrogens is 277 g/mol. The molecule has 102 valence electrons. The Labute approximate surface area is 121 Å². The Morgan fingerprint density at radius 2 is 2.00 bits per heavy atom. The molecule has 2 N–H and O–H groups in total. The first-order valence-corrected chi connectivity index (χ1v) is 6.63. The quantitative estimate of drug-likeness (QED) is 0.750. The summed E-state index contributed by atoms with van der Waals surface area (Å²) in [6.07, 6.45) is 0. The van der Waals surface area contributed by atoms with Crippen LogP contribution in [0.5, 0.6) is 0 Å². The number of benzene rings is 2. The van der Waals surface area contributed by atoms with Gasteiger partial charge in [0.05, 0.1) is 6.04 Å².